The van der Waals surface area contributed by atoms with Crippen LogP contribution >= 0.6 is 0 Å². The molecule has 24 heavy (non-hydrogen) atoms. The molecule has 2 aliphatic heterocycles. The molecule has 8 heteroatoms. The van der Waals surface area contributed by atoms with E-state index in [0.29, 0.717) is 30.9 Å². The molecule has 3 rings (SSSR count). The smallest absolute Gasteiger partial charge is 0.257 e. The van der Waals surface area contributed by atoms with Crippen molar-refractivity contribution in [2.24, 2.45) is 0 Å². The van der Waals surface area contributed by atoms with Crippen LogP contribution in [0.4, 0.5) is 0 Å². The highest BCUT2D eigenvalue weighted by Crippen LogP contribution is 2.28. The van der Waals surface area contributed by atoms with Crippen LogP contribution in [0.25, 0.3) is 0 Å². The summed E-state index contributed by atoms with van der Waals surface area (Å²) in [6.07, 6.45) is 4.78. The molecule has 0 bridgehead atoms. The maximum atomic E-state index is 12.9. The minimum Gasteiger partial charge on any atom is -0.332 e. The summed E-state index contributed by atoms with van der Waals surface area (Å²) < 4.78 is 24.3. The molecule has 3 heterocycles. The van der Waals surface area contributed by atoms with Gasteiger partial charge < -0.3 is 4.90 Å². The van der Waals surface area contributed by atoms with Crippen molar-refractivity contribution in [2.75, 3.05) is 31.1 Å². The molecule has 2 atom stereocenters. The standard InChI is InChI=1S/C16H24N4O3S/c1-3-5-19-6-7-20(14-11-24(22,23)10-13(14)19)16(21)12-8-17-15(4-2)18-9-12/h8-9,13-14H,3-7,10-11H2,1-2H3/t13-,14+/m0/s1. The first-order chi connectivity index (χ1) is 11.4. The van der Waals surface area contributed by atoms with Gasteiger partial charge in [-0.05, 0) is 13.0 Å². The van der Waals surface area contributed by atoms with Crippen LogP contribution in [0.3, 0.4) is 0 Å². The second-order valence-corrected chi connectivity index (χ2v) is 8.64. The summed E-state index contributed by atoms with van der Waals surface area (Å²) in [5, 5.41) is 0. The van der Waals surface area contributed by atoms with Crippen LogP contribution in [0.15, 0.2) is 12.4 Å². The molecule has 1 aromatic heterocycles. The van der Waals surface area contributed by atoms with Gasteiger partial charge in [-0.3, -0.25) is 9.69 Å². The van der Waals surface area contributed by atoms with Crippen molar-refractivity contribution in [1.82, 2.24) is 19.8 Å². The molecule has 0 N–H and O–H groups in total. The van der Waals surface area contributed by atoms with Gasteiger partial charge >= 0.3 is 0 Å². The lowest BCUT2D eigenvalue weighted by Crippen LogP contribution is -2.60. The maximum Gasteiger partial charge on any atom is 0.257 e. The summed E-state index contributed by atoms with van der Waals surface area (Å²) in [4.78, 5) is 25.2. The zero-order valence-electron chi connectivity index (χ0n) is 14.2. The van der Waals surface area contributed by atoms with E-state index in [4.69, 9.17) is 0 Å². The Bertz CT molecular complexity index is 705. The number of nitrogens with zero attached hydrogens (tertiary/aromatic N) is 4. The van der Waals surface area contributed by atoms with Gasteiger partial charge in [0.2, 0.25) is 0 Å². The number of sulfone groups is 1. The highest BCUT2D eigenvalue weighted by Gasteiger charge is 2.47. The van der Waals surface area contributed by atoms with Gasteiger partial charge in [0.1, 0.15) is 5.82 Å². The number of carbonyl (C=O) groups is 1. The number of hydrogen-bond donors (Lipinski definition) is 0. The molecule has 0 radical (unpaired) electrons. The van der Waals surface area contributed by atoms with Crippen LogP contribution in [0.5, 0.6) is 0 Å². The highest BCUT2D eigenvalue weighted by molar-refractivity contribution is 7.91. The van der Waals surface area contributed by atoms with Crippen molar-refractivity contribution in [3.63, 3.8) is 0 Å². The van der Waals surface area contributed by atoms with E-state index in [2.05, 4.69) is 21.8 Å². The van der Waals surface area contributed by atoms with Crippen molar-refractivity contribution in [3.8, 4) is 0 Å². The molecule has 0 spiro atoms. The summed E-state index contributed by atoms with van der Waals surface area (Å²) in [6, 6.07) is -0.364. The Kier molecular flexibility index (Phi) is 4.87. The molecule has 0 aromatic carbocycles. The molecular weight excluding hydrogens is 328 g/mol. The largest absolute Gasteiger partial charge is 0.332 e. The Balaban J connectivity index is 1.83. The average Bonchev–Trinajstić information content (AvgIpc) is 2.90. The summed E-state index contributed by atoms with van der Waals surface area (Å²) in [7, 11) is -3.11. The van der Waals surface area contributed by atoms with E-state index < -0.39 is 9.84 Å². The van der Waals surface area contributed by atoms with Crippen molar-refractivity contribution in [3.05, 3.63) is 23.8 Å². The molecule has 0 aliphatic carbocycles. The number of rotatable bonds is 4. The topological polar surface area (TPSA) is 83.5 Å². The first kappa shape index (κ1) is 17.3. The Morgan fingerprint density at radius 3 is 2.46 bits per heavy atom. The number of piperazine rings is 1. The molecule has 2 aliphatic rings. The Hall–Kier alpha value is -1.54. The molecule has 0 unspecified atom stereocenters. The van der Waals surface area contributed by atoms with Gasteiger partial charge in [-0.15, -0.1) is 0 Å². The van der Waals surface area contributed by atoms with E-state index in [-0.39, 0.29) is 29.5 Å². The van der Waals surface area contributed by atoms with Crippen molar-refractivity contribution in [1.29, 1.82) is 0 Å². The Morgan fingerprint density at radius 1 is 1.17 bits per heavy atom. The van der Waals surface area contributed by atoms with Crippen molar-refractivity contribution < 1.29 is 13.2 Å². The Morgan fingerprint density at radius 2 is 1.83 bits per heavy atom. The number of aryl methyl sites for hydroxylation is 1. The van der Waals surface area contributed by atoms with E-state index in [1.165, 1.54) is 0 Å². The fraction of sp³-hybridized carbons (Fsp3) is 0.688. The van der Waals surface area contributed by atoms with Gasteiger partial charge in [0, 0.05) is 37.9 Å². The van der Waals surface area contributed by atoms with E-state index in [1.54, 1.807) is 17.3 Å². The second-order valence-electron chi connectivity index (χ2n) is 6.49. The molecule has 2 fully saturated rings. The molecule has 1 aromatic rings. The predicted octanol–water partition coefficient (Wildman–Crippen LogP) is 0.372. The van der Waals surface area contributed by atoms with Crippen LogP contribution in [-0.4, -0.2) is 77.3 Å². The number of carbonyl (C=O) groups excluding carboxylic acids is 1. The lowest BCUT2D eigenvalue weighted by molar-refractivity contribution is 0.0332. The predicted molar refractivity (Wildman–Crippen MR) is 90.5 cm³/mol. The van der Waals surface area contributed by atoms with Crippen LogP contribution in [-0.2, 0) is 16.3 Å². The number of aromatic nitrogens is 2. The summed E-state index contributed by atoms with van der Waals surface area (Å²) in [5.74, 6) is 0.728. The fourth-order valence-electron chi connectivity index (χ4n) is 3.66. The fourth-order valence-corrected chi connectivity index (χ4v) is 5.67. The Labute approximate surface area is 143 Å². The monoisotopic (exact) mass is 352 g/mol. The summed E-state index contributed by atoms with van der Waals surface area (Å²) in [5.41, 5.74) is 0.430. The third-order valence-electron chi connectivity index (χ3n) is 4.83. The van der Waals surface area contributed by atoms with Gasteiger partial charge in [-0.25, -0.2) is 18.4 Å². The van der Waals surface area contributed by atoms with Crippen molar-refractivity contribution >= 4 is 15.7 Å². The van der Waals surface area contributed by atoms with Crippen LogP contribution in [0.1, 0.15) is 36.5 Å². The van der Waals surface area contributed by atoms with Crippen LogP contribution in [0, 0.1) is 0 Å². The molecular formula is C16H24N4O3S. The second kappa shape index (κ2) is 6.76. The minimum atomic E-state index is -3.11. The number of hydrogen-bond acceptors (Lipinski definition) is 6. The zero-order chi connectivity index (χ0) is 17.3. The average molecular weight is 352 g/mol. The van der Waals surface area contributed by atoms with Gasteiger partial charge in [-0.2, -0.15) is 0 Å². The third kappa shape index (κ3) is 3.30. The third-order valence-corrected chi connectivity index (χ3v) is 6.53. The van der Waals surface area contributed by atoms with Crippen LogP contribution < -0.4 is 0 Å². The van der Waals surface area contributed by atoms with Gasteiger partial charge in [-0.1, -0.05) is 13.8 Å². The van der Waals surface area contributed by atoms with E-state index in [0.717, 1.165) is 13.0 Å². The zero-order valence-corrected chi connectivity index (χ0v) is 15.0. The van der Waals surface area contributed by atoms with E-state index in [9.17, 15) is 13.2 Å². The number of amides is 1. The summed E-state index contributed by atoms with van der Waals surface area (Å²) in [6.45, 7) is 6.17. The number of fused-ring (bicyclic) bond motifs is 1. The first-order valence-corrected chi connectivity index (χ1v) is 10.3. The quantitative estimate of drug-likeness (QED) is 0.779. The molecule has 132 valence electrons. The SMILES string of the molecule is CCCN1CCN(C(=O)c2cnc(CC)nc2)[C@@H]2CS(=O)(=O)C[C@@H]21. The van der Waals surface area contributed by atoms with Crippen molar-refractivity contribution in [2.45, 2.75) is 38.8 Å². The van der Waals surface area contributed by atoms with Gasteiger partial charge in [0.15, 0.2) is 9.84 Å². The van der Waals surface area contributed by atoms with E-state index in [1.807, 2.05) is 6.92 Å². The summed E-state index contributed by atoms with van der Waals surface area (Å²) >= 11 is 0. The molecule has 2 saturated heterocycles. The molecule has 7 nitrogen and oxygen atoms in total. The van der Waals surface area contributed by atoms with Gasteiger partial charge in [0.25, 0.3) is 5.91 Å². The van der Waals surface area contributed by atoms with Crippen LogP contribution in [0.2, 0.25) is 0 Å². The normalized spacial score (nSPS) is 26.3. The van der Waals surface area contributed by atoms with E-state index >= 15 is 0 Å². The maximum absolute atomic E-state index is 12.9. The minimum absolute atomic E-state index is 0.0531. The first-order valence-electron chi connectivity index (χ1n) is 8.51. The van der Waals surface area contributed by atoms with Gasteiger partial charge in [0.05, 0.1) is 23.1 Å². The highest BCUT2D eigenvalue weighted by atomic mass is 32.2. The molecule has 1 amide bonds. The molecule has 0 saturated carbocycles. The lowest BCUT2D eigenvalue weighted by atomic mass is 10.0. The lowest BCUT2D eigenvalue weighted by Gasteiger charge is -2.43.